The zero-order valence-electron chi connectivity index (χ0n) is 16.8. The Morgan fingerprint density at radius 2 is 1.79 bits per heavy atom. The summed E-state index contributed by atoms with van der Waals surface area (Å²) in [6, 6.07) is 14.7. The second kappa shape index (κ2) is 9.56. The van der Waals surface area contributed by atoms with E-state index in [9.17, 15) is 14.9 Å². The molecule has 2 aromatic rings. The van der Waals surface area contributed by atoms with Gasteiger partial charge in [0.2, 0.25) is 11.8 Å². The summed E-state index contributed by atoms with van der Waals surface area (Å²) < 4.78 is 0. The number of nitrogens with one attached hydrogen (secondary N) is 1. The standard InChI is InChI=1S/C22H26N4O2/c1-5-25(6-2)19-11-12-20(16(3)13-19)24-22(28)15-26(17(4)27)21-10-8-7-9-18(21)14-23/h7-13H,5-6,15H2,1-4H3,(H,24,28). The molecule has 0 saturated carbocycles. The van der Waals surface area contributed by atoms with Crippen molar-refractivity contribution < 1.29 is 9.59 Å². The lowest BCUT2D eigenvalue weighted by molar-refractivity contribution is -0.120. The van der Waals surface area contributed by atoms with Crippen LogP contribution in [0.1, 0.15) is 31.9 Å². The lowest BCUT2D eigenvalue weighted by atomic mass is 10.1. The molecule has 0 saturated heterocycles. The molecule has 2 rings (SSSR count). The van der Waals surface area contributed by atoms with Crippen LogP contribution in [-0.4, -0.2) is 31.4 Å². The van der Waals surface area contributed by atoms with E-state index in [2.05, 4.69) is 30.1 Å². The van der Waals surface area contributed by atoms with Crippen molar-refractivity contribution in [3.05, 3.63) is 53.6 Å². The largest absolute Gasteiger partial charge is 0.372 e. The van der Waals surface area contributed by atoms with Gasteiger partial charge in [0.15, 0.2) is 0 Å². The Hall–Kier alpha value is -3.33. The highest BCUT2D eigenvalue weighted by Crippen LogP contribution is 2.23. The quantitative estimate of drug-likeness (QED) is 0.797. The van der Waals surface area contributed by atoms with E-state index in [1.807, 2.05) is 25.1 Å². The minimum Gasteiger partial charge on any atom is -0.372 e. The predicted molar refractivity (Wildman–Crippen MR) is 113 cm³/mol. The number of carbonyl (C=O) groups is 2. The first-order valence-corrected chi connectivity index (χ1v) is 9.33. The number of hydrogen-bond donors (Lipinski definition) is 1. The van der Waals surface area contributed by atoms with Gasteiger partial charge in [-0.3, -0.25) is 9.59 Å². The summed E-state index contributed by atoms with van der Waals surface area (Å²) in [6.45, 7) is 9.18. The van der Waals surface area contributed by atoms with E-state index < -0.39 is 0 Å². The van der Waals surface area contributed by atoms with Crippen LogP contribution in [0.5, 0.6) is 0 Å². The summed E-state index contributed by atoms with van der Waals surface area (Å²) in [5.41, 5.74) is 3.54. The molecule has 0 fully saturated rings. The van der Waals surface area contributed by atoms with Gasteiger partial charge in [-0.05, 0) is 56.7 Å². The van der Waals surface area contributed by atoms with Crippen LogP contribution in [0.25, 0.3) is 0 Å². The molecule has 6 heteroatoms. The van der Waals surface area contributed by atoms with Crippen LogP contribution in [0, 0.1) is 18.3 Å². The monoisotopic (exact) mass is 378 g/mol. The third-order valence-corrected chi connectivity index (χ3v) is 4.61. The molecule has 0 radical (unpaired) electrons. The van der Waals surface area contributed by atoms with Crippen LogP contribution >= 0.6 is 0 Å². The molecule has 6 nitrogen and oxygen atoms in total. The van der Waals surface area contributed by atoms with E-state index in [0.29, 0.717) is 16.9 Å². The van der Waals surface area contributed by atoms with E-state index in [0.717, 1.165) is 24.3 Å². The lowest BCUT2D eigenvalue weighted by Gasteiger charge is -2.23. The number of rotatable bonds is 7. The third-order valence-electron chi connectivity index (χ3n) is 4.61. The Morgan fingerprint density at radius 1 is 1.11 bits per heavy atom. The van der Waals surface area contributed by atoms with Crippen molar-refractivity contribution in [1.82, 2.24) is 0 Å². The number of para-hydroxylation sites is 1. The van der Waals surface area contributed by atoms with Crippen LogP contribution < -0.4 is 15.1 Å². The molecular formula is C22H26N4O2. The van der Waals surface area contributed by atoms with Crippen LogP contribution in [0.4, 0.5) is 17.1 Å². The van der Waals surface area contributed by atoms with Gasteiger partial charge in [0.1, 0.15) is 12.6 Å². The van der Waals surface area contributed by atoms with Crippen molar-refractivity contribution in [3.63, 3.8) is 0 Å². The number of aryl methyl sites for hydroxylation is 1. The van der Waals surface area contributed by atoms with Crippen molar-refractivity contribution >= 4 is 28.9 Å². The zero-order chi connectivity index (χ0) is 20.7. The number of nitrogens with zero attached hydrogens (tertiary/aromatic N) is 3. The van der Waals surface area contributed by atoms with E-state index in [-0.39, 0.29) is 18.4 Å². The maximum absolute atomic E-state index is 12.6. The number of nitriles is 1. The van der Waals surface area contributed by atoms with Crippen LogP contribution in [0.3, 0.4) is 0 Å². The molecular weight excluding hydrogens is 352 g/mol. The first-order valence-electron chi connectivity index (χ1n) is 9.33. The second-order valence-electron chi connectivity index (χ2n) is 6.45. The highest BCUT2D eigenvalue weighted by atomic mass is 16.2. The number of hydrogen-bond acceptors (Lipinski definition) is 4. The Kier molecular flexibility index (Phi) is 7.16. The van der Waals surface area contributed by atoms with Gasteiger partial charge >= 0.3 is 0 Å². The van der Waals surface area contributed by atoms with Gasteiger partial charge < -0.3 is 15.1 Å². The first-order chi connectivity index (χ1) is 13.4. The molecule has 0 aromatic heterocycles. The van der Waals surface area contributed by atoms with E-state index in [1.54, 1.807) is 24.3 Å². The predicted octanol–water partition coefficient (Wildman–Crippen LogP) is 3.70. The fraction of sp³-hybridized carbons (Fsp3) is 0.318. The summed E-state index contributed by atoms with van der Waals surface area (Å²) in [5, 5.41) is 12.1. The van der Waals surface area contributed by atoms with Crippen molar-refractivity contribution in [2.75, 3.05) is 34.8 Å². The van der Waals surface area contributed by atoms with Gasteiger partial charge in [-0.2, -0.15) is 5.26 Å². The smallest absolute Gasteiger partial charge is 0.244 e. The molecule has 0 aliphatic rings. The average Bonchev–Trinajstić information content (AvgIpc) is 2.69. The molecule has 0 aliphatic heterocycles. The molecule has 0 spiro atoms. The topological polar surface area (TPSA) is 76.4 Å². The van der Waals surface area contributed by atoms with Gasteiger partial charge in [0, 0.05) is 31.4 Å². The van der Waals surface area contributed by atoms with Gasteiger partial charge in [-0.25, -0.2) is 0 Å². The van der Waals surface area contributed by atoms with Crippen LogP contribution in [-0.2, 0) is 9.59 Å². The molecule has 28 heavy (non-hydrogen) atoms. The molecule has 2 aromatic carbocycles. The Balaban J connectivity index is 2.18. The Morgan fingerprint density at radius 3 is 2.36 bits per heavy atom. The van der Waals surface area contributed by atoms with Gasteiger partial charge in [-0.15, -0.1) is 0 Å². The normalized spacial score (nSPS) is 10.1. The van der Waals surface area contributed by atoms with Crippen molar-refractivity contribution in [3.8, 4) is 6.07 Å². The molecule has 2 amide bonds. The first kappa shape index (κ1) is 21.0. The Bertz CT molecular complexity index is 898. The maximum atomic E-state index is 12.6. The maximum Gasteiger partial charge on any atom is 0.244 e. The van der Waals surface area contributed by atoms with Crippen LogP contribution in [0.2, 0.25) is 0 Å². The summed E-state index contributed by atoms with van der Waals surface area (Å²) in [6.07, 6.45) is 0. The molecule has 0 unspecified atom stereocenters. The fourth-order valence-electron chi connectivity index (χ4n) is 3.08. The minimum atomic E-state index is -0.318. The number of amides is 2. The fourth-order valence-corrected chi connectivity index (χ4v) is 3.08. The summed E-state index contributed by atoms with van der Waals surface area (Å²) in [4.78, 5) is 28.2. The number of carbonyl (C=O) groups excluding carboxylic acids is 2. The Labute approximate surface area is 166 Å². The summed E-state index contributed by atoms with van der Waals surface area (Å²) >= 11 is 0. The number of anilines is 3. The molecule has 1 N–H and O–H groups in total. The van der Waals surface area contributed by atoms with E-state index >= 15 is 0 Å². The van der Waals surface area contributed by atoms with Gasteiger partial charge in [0.05, 0.1) is 11.3 Å². The van der Waals surface area contributed by atoms with Gasteiger partial charge in [0.25, 0.3) is 0 Å². The lowest BCUT2D eigenvalue weighted by Crippen LogP contribution is -2.37. The minimum absolute atomic E-state index is 0.161. The SMILES string of the molecule is CCN(CC)c1ccc(NC(=O)CN(C(C)=O)c2ccccc2C#N)c(C)c1. The van der Waals surface area contributed by atoms with E-state index in [4.69, 9.17) is 0 Å². The molecule has 0 heterocycles. The summed E-state index contributed by atoms with van der Waals surface area (Å²) in [5.74, 6) is -0.618. The number of benzene rings is 2. The summed E-state index contributed by atoms with van der Waals surface area (Å²) in [7, 11) is 0. The molecule has 0 aliphatic carbocycles. The van der Waals surface area contributed by atoms with Crippen LogP contribution in [0.15, 0.2) is 42.5 Å². The van der Waals surface area contributed by atoms with Gasteiger partial charge in [-0.1, -0.05) is 12.1 Å². The molecule has 0 atom stereocenters. The highest BCUT2D eigenvalue weighted by Gasteiger charge is 2.19. The average molecular weight is 378 g/mol. The van der Waals surface area contributed by atoms with Crippen molar-refractivity contribution in [2.45, 2.75) is 27.7 Å². The third kappa shape index (κ3) is 4.89. The molecule has 146 valence electrons. The highest BCUT2D eigenvalue weighted by molar-refractivity contribution is 6.02. The van der Waals surface area contributed by atoms with Crippen molar-refractivity contribution in [1.29, 1.82) is 5.26 Å². The second-order valence-corrected chi connectivity index (χ2v) is 6.45. The van der Waals surface area contributed by atoms with Crippen molar-refractivity contribution in [2.24, 2.45) is 0 Å². The molecule has 0 bridgehead atoms. The van der Waals surface area contributed by atoms with E-state index in [1.165, 1.54) is 11.8 Å². The zero-order valence-corrected chi connectivity index (χ0v) is 16.8.